The lowest BCUT2D eigenvalue weighted by molar-refractivity contribution is -0.249. The smallest absolute Gasteiger partial charge is 0.316 e. The van der Waals surface area contributed by atoms with Crippen LogP contribution < -0.4 is 0 Å². The van der Waals surface area contributed by atoms with Crippen LogP contribution in [0.5, 0.6) is 0 Å². The van der Waals surface area contributed by atoms with Crippen molar-refractivity contribution in [1.29, 1.82) is 0 Å². The van der Waals surface area contributed by atoms with Gasteiger partial charge in [0, 0.05) is 0 Å². The lowest BCUT2D eigenvalue weighted by Crippen LogP contribution is -2.22. The number of unbranched alkanes of at least 4 members (excludes halogenated alkanes) is 2. The van der Waals surface area contributed by atoms with Crippen LogP contribution in [0.1, 0.15) is 125 Å². The molecule has 2 aromatic carbocycles. The van der Waals surface area contributed by atoms with E-state index >= 15 is 0 Å². The average Bonchev–Trinajstić information content (AvgIpc) is 2.94. The second kappa shape index (κ2) is 14.5. The third-order valence-electron chi connectivity index (χ3n) is 9.20. The van der Waals surface area contributed by atoms with Crippen LogP contribution in [0.25, 0.3) is 0 Å². The van der Waals surface area contributed by atoms with Crippen molar-refractivity contribution in [3.63, 3.8) is 0 Å². The number of halogens is 3. The van der Waals surface area contributed by atoms with Crippen LogP contribution in [0.15, 0.2) is 54.6 Å². The average molecular weight is 541 g/mol. The SMILES string of the molecule is CC=CC1CCC(c2ccc(C(F)(F)OCCc3ccc(C4CCC(CCCCC)CC4)cc3)c(F)c2)CC1. The molecule has 0 heterocycles. The Kier molecular flexibility index (Phi) is 11.1. The van der Waals surface area contributed by atoms with E-state index in [0.29, 0.717) is 18.3 Å². The Bertz CT molecular complexity index is 1030. The predicted octanol–water partition coefficient (Wildman–Crippen LogP) is 10.8. The molecule has 4 heteroatoms. The second-order valence-corrected chi connectivity index (χ2v) is 11.9. The van der Waals surface area contributed by atoms with Gasteiger partial charge in [-0.25, -0.2) is 4.39 Å². The number of allylic oxidation sites excluding steroid dienone is 2. The number of hydrogen-bond acceptors (Lipinski definition) is 1. The molecule has 0 aromatic heterocycles. The fourth-order valence-electron chi connectivity index (χ4n) is 6.74. The Labute approximate surface area is 234 Å². The van der Waals surface area contributed by atoms with Gasteiger partial charge in [0.1, 0.15) is 5.82 Å². The molecule has 0 atom stereocenters. The van der Waals surface area contributed by atoms with Crippen LogP contribution in [0, 0.1) is 17.7 Å². The van der Waals surface area contributed by atoms with Crippen molar-refractivity contribution in [2.45, 2.75) is 115 Å². The van der Waals surface area contributed by atoms with Gasteiger partial charge in [0.05, 0.1) is 12.2 Å². The third kappa shape index (κ3) is 8.46. The van der Waals surface area contributed by atoms with Crippen LogP contribution >= 0.6 is 0 Å². The van der Waals surface area contributed by atoms with Gasteiger partial charge in [-0.05, 0) is 117 Å². The first-order chi connectivity index (χ1) is 18.9. The van der Waals surface area contributed by atoms with E-state index in [1.165, 1.54) is 69.1 Å². The van der Waals surface area contributed by atoms with Crippen molar-refractivity contribution >= 4 is 0 Å². The van der Waals surface area contributed by atoms with Crippen LogP contribution in [0.2, 0.25) is 0 Å². The molecule has 2 aliphatic rings. The molecule has 4 rings (SSSR count). The largest absolute Gasteiger partial charge is 0.386 e. The zero-order valence-corrected chi connectivity index (χ0v) is 23.9. The monoisotopic (exact) mass is 540 g/mol. The van der Waals surface area contributed by atoms with Crippen molar-refractivity contribution in [3.05, 3.63) is 82.7 Å². The molecule has 39 heavy (non-hydrogen) atoms. The quantitative estimate of drug-likeness (QED) is 0.192. The Hall–Kier alpha value is -2.07. The molecule has 0 bridgehead atoms. The number of benzene rings is 2. The van der Waals surface area contributed by atoms with Crippen molar-refractivity contribution in [2.24, 2.45) is 11.8 Å². The van der Waals surface area contributed by atoms with Gasteiger partial charge in [-0.2, -0.15) is 8.78 Å². The molecular weight excluding hydrogens is 493 g/mol. The topological polar surface area (TPSA) is 9.23 Å². The molecule has 2 aromatic rings. The molecule has 0 saturated heterocycles. The van der Waals surface area contributed by atoms with Gasteiger partial charge >= 0.3 is 6.11 Å². The predicted molar refractivity (Wildman–Crippen MR) is 155 cm³/mol. The number of alkyl halides is 2. The van der Waals surface area contributed by atoms with Gasteiger partial charge in [-0.1, -0.05) is 75.1 Å². The summed E-state index contributed by atoms with van der Waals surface area (Å²) in [4.78, 5) is 0. The minimum Gasteiger partial charge on any atom is -0.316 e. The van der Waals surface area contributed by atoms with E-state index in [1.54, 1.807) is 6.07 Å². The Balaban J connectivity index is 1.24. The van der Waals surface area contributed by atoms with Crippen LogP contribution in [0.4, 0.5) is 13.2 Å². The summed E-state index contributed by atoms with van der Waals surface area (Å²) in [6.07, 6.45) is 15.5. The molecule has 2 fully saturated rings. The fraction of sp³-hybridized carbons (Fsp3) is 0.600. The summed E-state index contributed by atoms with van der Waals surface area (Å²) in [6.45, 7) is 4.12. The first-order valence-corrected chi connectivity index (χ1v) is 15.4. The van der Waals surface area contributed by atoms with Gasteiger partial charge in [0.15, 0.2) is 0 Å². The molecular formula is C35H47F3O. The molecule has 0 radical (unpaired) electrons. The Morgan fingerprint density at radius 1 is 0.846 bits per heavy atom. The minimum atomic E-state index is -3.65. The third-order valence-corrected chi connectivity index (χ3v) is 9.20. The molecule has 0 unspecified atom stereocenters. The normalized spacial score (nSPS) is 24.3. The number of ether oxygens (including phenoxy) is 1. The summed E-state index contributed by atoms with van der Waals surface area (Å²) < 4.78 is 49.3. The highest BCUT2D eigenvalue weighted by Gasteiger charge is 2.36. The van der Waals surface area contributed by atoms with Crippen LogP contribution in [0.3, 0.4) is 0 Å². The number of rotatable bonds is 12. The van der Waals surface area contributed by atoms with Gasteiger partial charge in [0.2, 0.25) is 0 Å². The van der Waals surface area contributed by atoms with E-state index in [-0.39, 0.29) is 12.5 Å². The molecule has 0 N–H and O–H groups in total. The molecule has 2 saturated carbocycles. The van der Waals surface area contributed by atoms with Crippen molar-refractivity contribution in [2.75, 3.05) is 6.61 Å². The highest BCUT2D eigenvalue weighted by Crippen LogP contribution is 2.40. The molecule has 0 aliphatic heterocycles. The van der Waals surface area contributed by atoms with E-state index in [2.05, 4.69) is 31.2 Å². The Morgan fingerprint density at radius 3 is 2.13 bits per heavy atom. The van der Waals surface area contributed by atoms with E-state index in [1.807, 2.05) is 19.1 Å². The molecule has 214 valence electrons. The van der Waals surface area contributed by atoms with Gasteiger partial charge in [-0.3, -0.25) is 0 Å². The first kappa shape index (κ1) is 29.9. The highest BCUT2D eigenvalue weighted by molar-refractivity contribution is 5.30. The zero-order chi connectivity index (χ0) is 27.7. The maximum Gasteiger partial charge on any atom is 0.386 e. The lowest BCUT2D eigenvalue weighted by atomic mass is 9.77. The zero-order valence-electron chi connectivity index (χ0n) is 23.9. The van der Waals surface area contributed by atoms with Gasteiger partial charge < -0.3 is 4.74 Å². The lowest BCUT2D eigenvalue weighted by Gasteiger charge is -2.29. The summed E-state index contributed by atoms with van der Waals surface area (Å²) >= 11 is 0. The number of hydrogen-bond donors (Lipinski definition) is 0. The summed E-state index contributed by atoms with van der Waals surface area (Å²) in [5, 5.41) is 0. The molecule has 0 spiro atoms. The maximum absolute atomic E-state index is 14.8. The highest BCUT2D eigenvalue weighted by atomic mass is 19.3. The van der Waals surface area contributed by atoms with Gasteiger partial charge in [0.25, 0.3) is 0 Å². The molecule has 0 amide bonds. The van der Waals surface area contributed by atoms with Crippen molar-refractivity contribution in [1.82, 2.24) is 0 Å². The standard InChI is InChI=1S/C35H47F3O/c1-3-5-6-8-27-11-15-29(16-12-27)30-17-13-28(14-18-30)23-24-39-35(37,38)33-22-21-32(25-34(33)36)31-19-9-26(7-4-2)10-20-31/h4,7,13-14,17-18,21-22,25-27,29,31H,3,5-6,8-12,15-16,19-20,23-24H2,1-2H3. The van der Waals surface area contributed by atoms with E-state index in [0.717, 1.165) is 42.7 Å². The maximum atomic E-state index is 14.8. The minimum absolute atomic E-state index is 0.161. The van der Waals surface area contributed by atoms with E-state index in [4.69, 9.17) is 4.74 Å². The van der Waals surface area contributed by atoms with E-state index < -0.39 is 17.5 Å². The summed E-state index contributed by atoms with van der Waals surface area (Å²) in [5.74, 6) is 1.42. The van der Waals surface area contributed by atoms with Crippen molar-refractivity contribution < 1.29 is 17.9 Å². The second-order valence-electron chi connectivity index (χ2n) is 11.9. The fourth-order valence-corrected chi connectivity index (χ4v) is 6.74. The molecule has 2 aliphatic carbocycles. The summed E-state index contributed by atoms with van der Waals surface area (Å²) in [7, 11) is 0. The van der Waals surface area contributed by atoms with Crippen LogP contribution in [-0.4, -0.2) is 6.61 Å². The van der Waals surface area contributed by atoms with Crippen molar-refractivity contribution in [3.8, 4) is 0 Å². The summed E-state index contributed by atoms with van der Waals surface area (Å²) in [5.41, 5.74) is 2.46. The molecule has 1 nitrogen and oxygen atoms in total. The van der Waals surface area contributed by atoms with E-state index in [9.17, 15) is 13.2 Å². The van der Waals surface area contributed by atoms with Gasteiger partial charge in [-0.15, -0.1) is 0 Å². The first-order valence-electron chi connectivity index (χ1n) is 15.4. The Morgan fingerprint density at radius 2 is 1.49 bits per heavy atom. The van der Waals surface area contributed by atoms with Crippen LogP contribution in [-0.2, 0) is 17.3 Å². The summed E-state index contributed by atoms with van der Waals surface area (Å²) in [6, 6.07) is 12.5.